The van der Waals surface area contributed by atoms with Crippen LogP contribution in [0.1, 0.15) is 27.7 Å². The maximum Gasteiger partial charge on any atom is 0.414 e. The quantitative estimate of drug-likeness (QED) is 0.709. The fourth-order valence-corrected chi connectivity index (χ4v) is 4.29. The topological polar surface area (TPSA) is 84.0 Å². The van der Waals surface area contributed by atoms with Crippen molar-refractivity contribution in [1.82, 2.24) is 0 Å². The van der Waals surface area contributed by atoms with Gasteiger partial charge in [0.25, 0.3) is 0 Å². The van der Waals surface area contributed by atoms with E-state index in [0.717, 1.165) is 6.26 Å². The Morgan fingerprint density at radius 1 is 1.13 bits per heavy atom. The zero-order valence-electron chi connectivity index (χ0n) is 18.0. The highest BCUT2D eigenvalue weighted by Gasteiger charge is 2.35. The smallest absolute Gasteiger partial charge is 0.414 e. The number of fused-ring (bicyclic) bond motifs is 1. The summed E-state index contributed by atoms with van der Waals surface area (Å²) in [7, 11) is -3.39. The SMILES string of the molecule is CC(=O)N1c2cc(F)c(-c3ccc(S(C)(=O)=O)cc3)cc2N(C(=O)OC(C)C)CC1C. The van der Waals surface area contributed by atoms with Crippen LogP contribution in [0.5, 0.6) is 0 Å². The number of rotatable bonds is 3. The molecule has 0 aromatic heterocycles. The van der Waals surface area contributed by atoms with E-state index in [1.54, 1.807) is 20.8 Å². The van der Waals surface area contributed by atoms with Gasteiger partial charge in [0.15, 0.2) is 9.84 Å². The maximum absolute atomic E-state index is 15.1. The van der Waals surface area contributed by atoms with Crippen LogP contribution in [0.4, 0.5) is 20.6 Å². The predicted octanol–water partition coefficient (Wildman–Crippen LogP) is 4.00. The number of hydrogen-bond donors (Lipinski definition) is 0. The van der Waals surface area contributed by atoms with E-state index in [1.165, 1.54) is 53.1 Å². The molecule has 1 atom stereocenters. The van der Waals surface area contributed by atoms with Gasteiger partial charge in [-0.1, -0.05) is 12.1 Å². The van der Waals surface area contributed by atoms with Gasteiger partial charge in [0.05, 0.1) is 28.4 Å². The van der Waals surface area contributed by atoms with Crippen molar-refractivity contribution in [3.63, 3.8) is 0 Å². The van der Waals surface area contributed by atoms with Crippen LogP contribution in [0.3, 0.4) is 0 Å². The summed E-state index contributed by atoms with van der Waals surface area (Å²) in [4.78, 5) is 27.9. The number of nitrogens with zero attached hydrogens (tertiary/aromatic N) is 2. The van der Waals surface area contributed by atoms with Gasteiger partial charge in [-0.05, 0) is 44.5 Å². The summed E-state index contributed by atoms with van der Waals surface area (Å²) in [5.74, 6) is -0.862. The van der Waals surface area contributed by atoms with Crippen LogP contribution >= 0.6 is 0 Å². The van der Waals surface area contributed by atoms with Gasteiger partial charge in [-0.15, -0.1) is 0 Å². The minimum atomic E-state index is -3.39. The van der Waals surface area contributed by atoms with Crippen molar-refractivity contribution in [3.8, 4) is 11.1 Å². The molecule has 0 saturated heterocycles. The Labute approximate surface area is 181 Å². The average Bonchev–Trinajstić information content (AvgIpc) is 2.65. The van der Waals surface area contributed by atoms with Crippen LogP contribution in [0.2, 0.25) is 0 Å². The van der Waals surface area contributed by atoms with E-state index in [9.17, 15) is 18.0 Å². The number of carbonyl (C=O) groups excluding carboxylic acids is 2. The van der Waals surface area contributed by atoms with Crippen molar-refractivity contribution in [1.29, 1.82) is 0 Å². The number of sulfone groups is 1. The summed E-state index contributed by atoms with van der Waals surface area (Å²) in [5, 5.41) is 0. The van der Waals surface area contributed by atoms with Gasteiger partial charge in [-0.3, -0.25) is 9.69 Å². The lowest BCUT2D eigenvalue weighted by molar-refractivity contribution is -0.117. The summed E-state index contributed by atoms with van der Waals surface area (Å²) in [6, 6.07) is 8.16. The second-order valence-corrected chi connectivity index (χ2v) is 9.91. The maximum atomic E-state index is 15.1. The summed E-state index contributed by atoms with van der Waals surface area (Å²) in [5.41, 5.74) is 1.25. The first kappa shape index (κ1) is 22.7. The highest BCUT2D eigenvalue weighted by Crippen LogP contribution is 2.41. The molecule has 0 radical (unpaired) electrons. The minimum Gasteiger partial charge on any atom is -0.446 e. The van der Waals surface area contributed by atoms with Crippen LogP contribution in [-0.4, -0.2) is 45.4 Å². The van der Waals surface area contributed by atoms with Crippen LogP contribution in [0.25, 0.3) is 11.1 Å². The standard InChI is InChI=1S/C22H25FN2O5S/c1-13(2)30-22(27)24-12-14(3)25(15(4)26)21-11-19(23)18(10-20(21)24)16-6-8-17(9-7-16)31(5,28)29/h6-11,13-14H,12H2,1-5H3. The number of amides is 2. The van der Waals surface area contributed by atoms with Gasteiger partial charge in [-0.2, -0.15) is 0 Å². The molecule has 1 heterocycles. The predicted molar refractivity (Wildman–Crippen MR) is 117 cm³/mol. The monoisotopic (exact) mass is 448 g/mol. The lowest BCUT2D eigenvalue weighted by atomic mass is 10.00. The normalized spacial score (nSPS) is 16.3. The van der Waals surface area contributed by atoms with Crippen molar-refractivity contribution >= 4 is 33.2 Å². The first-order valence-electron chi connectivity index (χ1n) is 9.82. The summed E-state index contributed by atoms with van der Waals surface area (Å²) in [6.07, 6.45) is 0.161. The zero-order valence-corrected chi connectivity index (χ0v) is 18.9. The highest BCUT2D eigenvalue weighted by molar-refractivity contribution is 7.90. The summed E-state index contributed by atoms with van der Waals surface area (Å²) in [6.45, 7) is 6.81. The highest BCUT2D eigenvalue weighted by atomic mass is 32.2. The molecule has 1 aliphatic heterocycles. The molecule has 9 heteroatoms. The van der Waals surface area contributed by atoms with Gasteiger partial charge in [0.2, 0.25) is 5.91 Å². The number of ether oxygens (including phenoxy) is 1. The number of benzene rings is 2. The Kier molecular flexibility index (Phi) is 6.09. The molecule has 0 saturated carbocycles. The Morgan fingerprint density at radius 2 is 1.74 bits per heavy atom. The number of anilines is 2. The molecular formula is C22H25FN2O5S. The Bertz CT molecular complexity index is 1130. The Morgan fingerprint density at radius 3 is 2.26 bits per heavy atom. The van der Waals surface area contributed by atoms with E-state index >= 15 is 4.39 Å². The molecule has 0 bridgehead atoms. The molecule has 0 fully saturated rings. The van der Waals surface area contributed by atoms with E-state index in [2.05, 4.69) is 0 Å². The number of carbonyl (C=O) groups is 2. The molecule has 3 rings (SSSR count). The number of hydrogen-bond acceptors (Lipinski definition) is 5. The van der Waals surface area contributed by atoms with E-state index in [1.807, 2.05) is 0 Å². The van der Waals surface area contributed by atoms with Gasteiger partial charge in [0.1, 0.15) is 5.82 Å². The molecule has 1 unspecified atom stereocenters. The molecule has 2 aromatic carbocycles. The average molecular weight is 449 g/mol. The van der Waals surface area contributed by atoms with Crippen molar-refractivity contribution in [2.24, 2.45) is 0 Å². The molecule has 2 amide bonds. The van der Waals surface area contributed by atoms with E-state index in [4.69, 9.17) is 4.74 Å². The lowest BCUT2D eigenvalue weighted by Crippen LogP contribution is -2.51. The summed E-state index contributed by atoms with van der Waals surface area (Å²) >= 11 is 0. The van der Waals surface area contributed by atoms with E-state index < -0.39 is 21.7 Å². The molecule has 2 aromatic rings. The molecule has 0 aliphatic carbocycles. The number of halogens is 1. The third-order valence-corrected chi connectivity index (χ3v) is 6.12. The second kappa shape index (κ2) is 8.30. The van der Waals surface area contributed by atoms with Crippen LogP contribution in [-0.2, 0) is 19.4 Å². The van der Waals surface area contributed by atoms with Crippen molar-refractivity contribution < 1.29 is 27.1 Å². The fraction of sp³-hybridized carbons (Fsp3) is 0.364. The Hall–Kier alpha value is -2.94. The lowest BCUT2D eigenvalue weighted by Gasteiger charge is -2.40. The van der Waals surface area contributed by atoms with E-state index in [-0.39, 0.29) is 40.7 Å². The third kappa shape index (κ3) is 4.56. The van der Waals surface area contributed by atoms with Gasteiger partial charge >= 0.3 is 6.09 Å². The molecular weight excluding hydrogens is 423 g/mol. The minimum absolute atomic E-state index is 0.119. The van der Waals surface area contributed by atoms with Crippen LogP contribution in [0.15, 0.2) is 41.3 Å². The van der Waals surface area contributed by atoms with Crippen molar-refractivity contribution in [2.45, 2.75) is 44.7 Å². The molecule has 1 aliphatic rings. The largest absolute Gasteiger partial charge is 0.446 e. The first-order valence-corrected chi connectivity index (χ1v) is 11.7. The fourth-order valence-electron chi connectivity index (χ4n) is 3.66. The third-order valence-electron chi connectivity index (χ3n) is 4.99. The van der Waals surface area contributed by atoms with Gasteiger partial charge in [0, 0.05) is 31.4 Å². The van der Waals surface area contributed by atoms with Crippen molar-refractivity contribution in [2.75, 3.05) is 22.6 Å². The molecule has 0 spiro atoms. The Balaban J connectivity index is 2.15. The zero-order chi connectivity index (χ0) is 23.1. The molecule has 0 N–H and O–H groups in total. The molecule has 7 nitrogen and oxygen atoms in total. The van der Waals surface area contributed by atoms with Gasteiger partial charge < -0.3 is 9.64 Å². The summed E-state index contributed by atoms with van der Waals surface area (Å²) < 4.78 is 43.9. The molecule has 166 valence electrons. The van der Waals surface area contributed by atoms with E-state index in [0.29, 0.717) is 11.3 Å². The first-order chi connectivity index (χ1) is 14.4. The molecule has 31 heavy (non-hydrogen) atoms. The van der Waals surface area contributed by atoms with Crippen LogP contribution < -0.4 is 9.80 Å². The van der Waals surface area contributed by atoms with Crippen LogP contribution in [0, 0.1) is 5.82 Å². The van der Waals surface area contributed by atoms with Crippen molar-refractivity contribution in [3.05, 3.63) is 42.2 Å². The van der Waals surface area contributed by atoms with Gasteiger partial charge in [-0.25, -0.2) is 17.6 Å². The second-order valence-electron chi connectivity index (χ2n) is 7.90.